The predicted molar refractivity (Wildman–Crippen MR) is 279 cm³/mol. The van der Waals surface area contributed by atoms with Gasteiger partial charge >= 0.3 is 0 Å². The van der Waals surface area contributed by atoms with Crippen LogP contribution in [0.5, 0.6) is 0 Å². The molecule has 0 aliphatic carbocycles. The minimum Gasteiger partial charge on any atom is -0.309 e. The SMILES string of the molecule is Cc1cc(-n2c3ccccc3c3ccccc32)ccc1-c1cc(-c2ccc(-n3c4ccccc4c4cnccc43)cc2C)cc(-c2ccc(-n3c4ccccc4c4cnccc43)cc2C=N)c1. The number of nitrogens with zero attached hydrogens (tertiary/aromatic N) is 5. The van der Waals surface area contributed by atoms with Crippen LogP contribution in [0.1, 0.15) is 16.7 Å². The fourth-order valence-electron chi connectivity index (χ4n) is 10.8. The number of nitrogens with one attached hydrogen (secondary N) is 1. The van der Waals surface area contributed by atoms with Crippen molar-refractivity contribution in [3.8, 4) is 50.4 Å². The topological polar surface area (TPSA) is 64.4 Å². The summed E-state index contributed by atoms with van der Waals surface area (Å²) in [5.74, 6) is 0. The quantitative estimate of drug-likeness (QED) is 0.162. The molecule has 0 radical (unpaired) electrons. The van der Waals surface area contributed by atoms with Gasteiger partial charge in [0.05, 0.1) is 33.1 Å². The van der Waals surface area contributed by atoms with Gasteiger partial charge in [-0.2, -0.15) is 0 Å². The van der Waals surface area contributed by atoms with Crippen LogP contribution < -0.4 is 0 Å². The Morgan fingerprint density at radius 1 is 0.358 bits per heavy atom. The van der Waals surface area contributed by atoms with Crippen molar-refractivity contribution in [3.63, 3.8) is 0 Å². The van der Waals surface area contributed by atoms with E-state index in [9.17, 15) is 0 Å². The minimum absolute atomic E-state index is 0.840. The van der Waals surface area contributed by atoms with Gasteiger partial charge in [0, 0.05) is 85.9 Å². The van der Waals surface area contributed by atoms with Gasteiger partial charge in [-0.1, -0.05) is 91.0 Å². The van der Waals surface area contributed by atoms with Crippen molar-refractivity contribution in [1.29, 1.82) is 5.41 Å². The van der Waals surface area contributed by atoms with Crippen LogP contribution in [0.25, 0.3) is 116 Å². The molecule has 0 saturated carbocycles. The van der Waals surface area contributed by atoms with Crippen molar-refractivity contribution < 1.29 is 0 Å². The van der Waals surface area contributed by atoms with E-state index in [-0.39, 0.29) is 0 Å². The molecule has 13 rings (SSSR count). The van der Waals surface area contributed by atoms with E-state index in [1.807, 2.05) is 24.8 Å². The van der Waals surface area contributed by atoms with Crippen molar-refractivity contribution in [1.82, 2.24) is 23.7 Å². The molecule has 0 fully saturated rings. The lowest BCUT2D eigenvalue weighted by Crippen LogP contribution is -1.98. The number of hydrogen-bond donors (Lipinski definition) is 1. The van der Waals surface area contributed by atoms with Gasteiger partial charge in [-0.3, -0.25) is 9.97 Å². The molecule has 5 heterocycles. The van der Waals surface area contributed by atoms with Gasteiger partial charge in [-0.05, 0) is 149 Å². The first kappa shape index (κ1) is 38.6. The molecule has 0 spiro atoms. The van der Waals surface area contributed by atoms with Gasteiger partial charge in [0.1, 0.15) is 0 Å². The van der Waals surface area contributed by atoms with Crippen LogP contribution in [-0.2, 0) is 0 Å². The van der Waals surface area contributed by atoms with Gasteiger partial charge in [-0.15, -0.1) is 0 Å². The number of rotatable bonds is 7. The lowest BCUT2D eigenvalue weighted by Gasteiger charge is -2.18. The Labute approximate surface area is 386 Å². The maximum Gasteiger partial charge on any atom is 0.0571 e. The molecule has 1 N–H and O–H groups in total. The normalized spacial score (nSPS) is 11.8. The molecule has 0 atom stereocenters. The molecule has 0 aliphatic rings. The Balaban J connectivity index is 0.985. The number of hydrogen-bond acceptors (Lipinski definition) is 3. The molecule has 0 amide bonds. The van der Waals surface area contributed by atoms with Crippen molar-refractivity contribution in [2.24, 2.45) is 0 Å². The maximum atomic E-state index is 8.85. The molecule has 67 heavy (non-hydrogen) atoms. The monoisotopic (exact) mass is 858 g/mol. The van der Waals surface area contributed by atoms with Gasteiger partial charge in [0.25, 0.3) is 0 Å². The molecule has 5 aromatic heterocycles. The number of fused-ring (bicyclic) bond motifs is 9. The third-order valence-corrected chi connectivity index (χ3v) is 13.8. The summed E-state index contributed by atoms with van der Waals surface area (Å²) in [5, 5.41) is 15.9. The first-order valence-electron chi connectivity index (χ1n) is 22.7. The average molecular weight is 859 g/mol. The lowest BCUT2D eigenvalue weighted by atomic mass is 9.89. The highest BCUT2D eigenvalue weighted by Gasteiger charge is 2.19. The largest absolute Gasteiger partial charge is 0.309 e. The van der Waals surface area contributed by atoms with Gasteiger partial charge in [-0.25, -0.2) is 0 Å². The Kier molecular flexibility index (Phi) is 8.70. The molecule has 0 saturated heterocycles. The Morgan fingerprint density at radius 3 is 1.10 bits per heavy atom. The number of aromatic nitrogens is 5. The second-order valence-electron chi connectivity index (χ2n) is 17.6. The third kappa shape index (κ3) is 6.00. The van der Waals surface area contributed by atoms with E-state index in [0.717, 1.165) is 94.2 Å². The summed E-state index contributed by atoms with van der Waals surface area (Å²) in [6.07, 6.45) is 9.13. The summed E-state index contributed by atoms with van der Waals surface area (Å²) in [7, 11) is 0. The number of aryl methyl sites for hydroxylation is 2. The van der Waals surface area contributed by atoms with Crippen molar-refractivity contribution in [2.45, 2.75) is 13.8 Å². The summed E-state index contributed by atoms with van der Waals surface area (Å²) < 4.78 is 7.01. The Hall–Kier alpha value is -8.87. The van der Waals surface area contributed by atoms with Crippen molar-refractivity contribution in [3.05, 3.63) is 223 Å². The van der Waals surface area contributed by atoms with E-state index in [2.05, 4.69) is 220 Å². The van der Waals surface area contributed by atoms with Crippen molar-refractivity contribution in [2.75, 3.05) is 0 Å². The highest BCUT2D eigenvalue weighted by molar-refractivity contribution is 6.11. The van der Waals surface area contributed by atoms with E-state index in [1.54, 1.807) is 0 Å². The Bertz CT molecular complexity index is 3820. The number of benzene rings is 8. The van der Waals surface area contributed by atoms with Crippen LogP contribution in [-0.4, -0.2) is 29.9 Å². The molecular formula is C61H42N6. The highest BCUT2D eigenvalue weighted by atomic mass is 15.0. The smallest absolute Gasteiger partial charge is 0.0571 e. The lowest BCUT2D eigenvalue weighted by molar-refractivity contribution is 1.17. The van der Waals surface area contributed by atoms with Crippen LogP contribution in [0.3, 0.4) is 0 Å². The standard InChI is InChI=1S/C61H42N6/c1-38-29-44(65-56-15-7-3-11-50(56)51-12-4-8-16-57(51)65)19-22-47(38)40-31-41(48-23-20-45(30-39(48)2)66-58-17-9-5-13-52(58)54-36-63-27-25-60(54)66)33-42(32-40)49-24-21-46(34-43(49)35-62)67-59-18-10-6-14-53(59)55-37-64-28-26-61(55)67/h3-37,62H,1-2H3. The van der Waals surface area contributed by atoms with E-state index >= 15 is 0 Å². The zero-order valence-electron chi connectivity index (χ0n) is 36.9. The van der Waals surface area contributed by atoms with Crippen molar-refractivity contribution >= 4 is 71.6 Å². The average Bonchev–Trinajstić information content (AvgIpc) is 4.02. The molecule has 0 aliphatic heterocycles. The molecule has 8 aromatic carbocycles. The zero-order valence-corrected chi connectivity index (χ0v) is 36.9. The fourth-order valence-corrected chi connectivity index (χ4v) is 10.8. The summed E-state index contributed by atoms with van der Waals surface area (Å²) in [5.41, 5.74) is 19.9. The fraction of sp³-hybridized carbons (Fsp3) is 0.0328. The summed E-state index contributed by atoms with van der Waals surface area (Å²) in [6, 6.07) is 65.7. The second-order valence-corrected chi connectivity index (χ2v) is 17.6. The van der Waals surface area contributed by atoms with Gasteiger partial charge < -0.3 is 19.1 Å². The van der Waals surface area contributed by atoms with Crippen LogP contribution >= 0.6 is 0 Å². The maximum absolute atomic E-state index is 8.85. The summed E-state index contributed by atoms with van der Waals surface area (Å²) in [4.78, 5) is 8.94. The molecule has 0 unspecified atom stereocenters. The van der Waals surface area contributed by atoms with Crippen LogP contribution in [0.2, 0.25) is 0 Å². The predicted octanol–water partition coefficient (Wildman–Crippen LogP) is 15.4. The van der Waals surface area contributed by atoms with E-state index in [4.69, 9.17) is 5.41 Å². The zero-order chi connectivity index (χ0) is 44.8. The molecule has 316 valence electrons. The third-order valence-electron chi connectivity index (χ3n) is 13.8. The molecule has 6 nitrogen and oxygen atoms in total. The van der Waals surface area contributed by atoms with Crippen LogP contribution in [0.4, 0.5) is 0 Å². The first-order valence-corrected chi connectivity index (χ1v) is 22.7. The van der Waals surface area contributed by atoms with Crippen LogP contribution in [0.15, 0.2) is 207 Å². The molecule has 13 aromatic rings. The highest BCUT2D eigenvalue weighted by Crippen LogP contribution is 2.41. The van der Waals surface area contributed by atoms with Crippen LogP contribution in [0, 0.1) is 19.3 Å². The molecule has 0 bridgehead atoms. The number of pyridine rings is 2. The first-order chi connectivity index (χ1) is 33.0. The Morgan fingerprint density at radius 2 is 0.701 bits per heavy atom. The number of para-hydroxylation sites is 4. The van der Waals surface area contributed by atoms with Gasteiger partial charge in [0.15, 0.2) is 0 Å². The second kappa shape index (κ2) is 15.1. The molecule has 6 heteroatoms. The van der Waals surface area contributed by atoms with Gasteiger partial charge in [0.2, 0.25) is 0 Å². The summed E-state index contributed by atoms with van der Waals surface area (Å²) in [6.45, 7) is 4.44. The van der Waals surface area contributed by atoms with E-state index in [0.29, 0.717) is 0 Å². The summed E-state index contributed by atoms with van der Waals surface area (Å²) >= 11 is 0. The minimum atomic E-state index is 0.840. The van der Waals surface area contributed by atoms with E-state index in [1.165, 1.54) is 44.5 Å². The molecular weight excluding hydrogens is 817 g/mol. The van der Waals surface area contributed by atoms with E-state index < -0.39 is 0 Å².